The Morgan fingerprint density at radius 2 is 1.10 bits per heavy atom. The Hall–Kier alpha value is 2.41. The van der Waals surface area contributed by atoms with Gasteiger partial charge >= 0.3 is 67.0 Å². The molecule has 15 heteroatoms. The minimum absolute atomic E-state index is 0. The Balaban J connectivity index is 0.00000400. The zero-order valence-electron chi connectivity index (χ0n) is 8.76. The first-order valence-electron chi connectivity index (χ1n) is 4.16. The first-order valence-corrected chi connectivity index (χ1v) is 9.08. The average molecular weight is 466 g/mol. The first kappa shape index (κ1) is 23.4. The van der Waals surface area contributed by atoms with Gasteiger partial charge in [0.05, 0.1) is 15.1 Å². The van der Waals surface area contributed by atoms with E-state index in [1.807, 2.05) is 0 Å². The Bertz CT molecular complexity index is 620. The summed E-state index contributed by atoms with van der Waals surface area (Å²) in [7, 11) is -10.5. The van der Waals surface area contributed by atoms with Crippen LogP contribution in [0.5, 0.6) is 5.75 Å². The van der Waals surface area contributed by atoms with Gasteiger partial charge in [0.25, 0.3) is 0 Å². The van der Waals surface area contributed by atoms with E-state index in [0.29, 0.717) is 0 Å². The molecule has 1 unspecified atom stereocenters. The van der Waals surface area contributed by atoms with Crippen molar-refractivity contribution >= 4 is 125 Å². The molecule has 0 aliphatic rings. The molecule has 0 bridgehead atoms. The van der Waals surface area contributed by atoms with Crippen molar-refractivity contribution in [3.63, 3.8) is 0 Å². The molecule has 3 N–H and O–H groups in total. The van der Waals surface area contributed by atoms with Crippen molar-refractivity contribution in [2.24, 2.45) is 0 Å². The molecule has 1 aromatic rings. The molecular weight excluding hydrogens is 462 g/mol. The number of hydrogen-bond donors (Lipinski definition) is 3. The zero-order chi connectivity index (χ0) is 15.9. The van der Waals surface area contributed by atoms with Crippen LogP contribution < -0.4 is 4.52 Å². The van der Waals surface area contributed by atoms with E-state index in [1.165, 1.54) is 0 Å². The summed E-state index contributed by atoms with van der Waals surface area (Å²) in [5.74, 6) is -0.716. The molecule has 0 aromatic heterocycles. The van der Waals surface area contributed by atoms with Gasteiger partial charge in [-0.25, -0.2) is 9.13 Å². The Labute approximate surface area is 186 Å². The van der Waals surface area contributed by atoms with Crippen LogP contribution in [0.15, 0.2) is 0 Å². The van der Waals surface area contributed by atoms with Gasteiger partial charge in [-0.3, -0.25) is 4.89 Å². The second-order valence-corrected chi connectivity index (χ2v) is 7.67. The van der Waals surface area contributed by atoms with E-state index in [4.69, 9.17) is 67.8 Å². The summed E-state index contributed by atoms with van der Waals surface area (Å²) in [6.07, 6.45) is 0. The number of phosphoric ester groups is 1. The molecule has 1 aromatic carbocycles. The van der Waals surface area contributed by atoms with Crippen LogP contribution in [0.1, 0.15) is 0 Å². The van der Waals surface area contributed by atoms with Gasteiger partial charge in [-0.05, 0) is 0 Å². The first-order chi connectivity index (χ1) is 8.86. The molecule has 1 rings (SSSR count). The van der Waals surface area contributed by atoms with E-state index in [9.17, 15) is 14.0 Å². The van der Waals surface area contributed by atoms with Crippen LogP contribution in [0.4, 0.5) is 0 Å². The fourth-order valence-electron chi connectivity index (χ4n) is 0.931. The summed E-state index contributed by atoms with van der Waals surface area (Å²) in [6, 6.07) is 0. The predicted molar refractivity (Wildman–Crippen MR) is 82.2 cm³/mol. The third-order valence-electron chi connectivity index (χ3n) is 1.59. The van der Waals surface area contributed by atoms with E-state index >= 15 is 0 Å². The van der Waals surface area contributed by atoms with Gasteiger partial charge in [0.1, 0.15) is 10.0 Å². The molecule has 0 aliphatic carbocycles. The molecular formula is C6H4Cl5KO7P2. The van der Waals surface area contributed by atoms with Crippen molar-refractivity contribution < 1.29 is 32.6 Å². The predicted octanol–water partition coefficient (Wildman–Crippen LogP) is 3.89. The van der Waals surface area contributed by atoms with E-state index in [1.54, 1.807) is 0 Å². The topological polar surface area (TPSA) is 113 Å². The molecule has 0 heterocycles. The van der Waals surface area contributed by atoms with Gasteiger partial charge in [-0.1, -0.05) is 58.0 Å². The van der Waals surface area contributed by atoms with Crippen molar-refractivity contribution in [1.82, 2.24) is 0 Å². The summed E-state index contributed by atoms with van der Waals surface area (Å²) < 4.78 is 29.8. The van der Waals surface area contributed by atoms with E-state index in [-0.39, 0.29) is 66.5 Å². The molecule has 0 saturated carbocycles. The van der Waals surface area contributed by atoms with Crippen LogP contribution in [0.2, 0.25) is 25.1 Å². The van der Waals surface area contributed by atoms with Crippen molar-refractivity contribution in [3.8, 4) is 5.75 Å². The second kappa shape index (κ2) is 8.67. The van der Waals surface area contributed by atoms with Crippen molar-refractivity contribution in [3.05, 3.63) is 25.1 Å². The van der Waals surface area contributed by atoms with Gasteiger partial charge in [0, 0.05) is 0 Å². The normalized spacial score (nSPS) is 14.3. The van der Waals surface area contributed by atoms with Crippen LogP contribution in [0.25, 0.3) is 0 Å². The monoisotopic (exact) mass is 464 g/mol. The third kappa shape index (κ3) is 6.67. The number of phosphoric acid groups is 2. The summed E-state index contributed by atoms with van der Waals surface area (Å²) in [5, 5.41) is -1.90. The van der Waals surface area contributed by atoms with E-state index < -0.39 is 31.4 Å². The van der Waals surface area contributed by atoms with Crippen LogP contribution in [0, 0.1) is 0 Å². The third-order valence-corrected chi connectivity index (χ3v) is 5.92. The fourth-order valence-corrected chi connectivity index (χ4v) is 3.86. The average Bonchev–Trinajstić information content (AvgIpc) is 2.26. The van der Waals surface area contributed by atoms with Gasteiger partial charge in [-0.2, -0.15) is 4.31 Å². The Morgan fingerprint density at radius 3 is 1.43 bits per heavy atom. The summed E-state index contributed by atoms with van der Waals surface area (Å²) in [4.78, 5) is 26.1. The molecule has 0 spiro atoms. The van der Waals surface area contributed by atoms with Crippen molar-refractivity contribution in [2.45, 2.75) is 0 Å². The molecule has 1 atom stereocenters. The molecule has 21 heavy (non-hydrogen) atoms. The molecule has 7 nitrogen and oxygen atoms in total. The number of hydrogen-bond acceptors (Lipinski definition) is 4. The maximum atomic E-state index is 11.4. The summed E-state index contributed by atoms with van der Waals surface area (Å²) in [6.45, 7) is 0. The SMILES string of the molecule is O=P(O)(O)OP(=O)(O)Oc1c(Cl)c(Cl)c(Cl)c(Cl)c1Cl.[KH]. The summed E-state index contributed by atoms with van der Waals surface area (Å²) >= 11 is 28.4. The maximum absolute atomic E-state index is 11.4. The molecule has 0 radical (unpaired) electrons. The number of benzene rings is 1. The van der Waals surface area contributed by atoms with Crippen LogP contribution in [-0.4, -0.2) is 66.1 Å². The number of halogens is 5. The standard InChI is InChI=1S/C6H3Cl5O7P2.K.H/c7-1-2(8)4(10)6(5(11)3(1)9)17-20(15,16)18-19(12,13)14;;/h(H,15,16)(H2,12,13,14);;. The van der Waals surface area contributed by atoms with Crippen molar-refractivity contribution in [1.29, 1.82) is 0 Å². The van der Waals surface area contributed by atoms with Crippen LogP contribution >= 0.6 is 73.7 Å². The van der Waals surface area contributed by atoms with Crippen LogP contribution in [0.3, 0.4) is 0 Å². The van der Waals surface area contributed by atoms with Crippen LogP contribution in [-0.2, 0) is 13.4 Å². The van der Waals surface area contributed by atoms with E-state index in [2.05, 4.69) is 8.83 Å². The molecule has 0 saturated heterocycles. The summed E-state index contributed by atoms with van der Waals surface area (Å²) in [5.41, 5.74) is 0. The molecule has 0 fully saturated rings. The van der Waals surface area contributed by atoms with Crippen molar-refractivity contribution in [2.75, 3.05) is 0 Å². The van der Waals surface area contributed by atoms with Gasteiger partial charge in [-0.15, -0.1) is 0 Å². The van der Waals surface area contributed by atoms with Gasteiger partial charge in [0.2, 0.25) is 0 Å². The second-order valence-electron chi connectivity index (χ2n) is 3.03. The zero-order valence-corrected chi connectivity index (χ0v) is 14.3. The Kier molecular flexibility index (Phi) is 9.67. The minimum atomic E-state index is -5.30. The molecule has 0 amide bonds. The Morgan fingerprint density at radius 1 is 0.762 bits per heavy atom. The molecule has 0 aliphatic heterocycles. The van der Waals surface area contributed by atoms with Gasteiger partial charge < -0.3 is 14.3 Å². The van der Waals surface area contributed by atoms with Gasteiger partial charge in [0.15, 0.2) is 5.75 Å². The molecule has 116 valence electrons. The fraction of sp³-hybridized carbons (Fsp3) is 0. The van der Waals surface area contributed by atoms with E-state index in [0.717, 1.165) is 0 Å². The number of rotatable bonds is 4. The quantitative estimate of drug-likeness (QED) is 0.267.